The molecule has 5 heteroatoms. The van der Waals surface area contributed by atoms with Gasteiger partial charge in [-0.15, -0.1) is 0 Å². The second-order valence-corrected chi connectivity index (χ2v) is 6.24. The molecule has 0 bridgehead atoms. The SMILES string of the molecule is O=C(NC1CCCC1)c1ccnc(NCCCc2ccccc2)n1. The first-order valence-electron chi connectivity index (χ1n) is 8.73. The lowest BCUT2D eigenvalue weighted by Crippen LogP contribution is -2.33. The van der Waals surface area contributed by atoms with E-state index in [0.29, 0.717) is 17.7 Å². The number of carbonyl (C=O) groups is 1. The van der Waals surface area contributed by atoms with Crippen molar-refractivity contribution in [2.24, 2.45) is 0 Å². The smallest absolute Gasteiger partial charge is 0.270 e. The van der Waals surface area contributed by atoms with Crippen LogP contribution in [0.1, 0.15) is 48.2 Å². The Labute approximate surface area is 142 Å². The first kappa shape index (κ1) is 16.4. The molecule has 24 heavy (non-hydrogen) atoms. The normalized spacial score (nSPS) is 14.5. The summed E-state index contributed by atoms with van der Waals surface area (Å²) in [6.07, 6.45) is 8.17. The van der Waals surface area contributed by atoms with Crippen LogP contribution in [0.5, 0.6) is 0 Å². The van der Waals surface area contributed by atoms with E-state index in [4.69, 9.17) is 0 Å². The Kier molecular flexibility index (Phi) is 5.77. The minimum atomic E-state index is -0.100. The molecule has 1 aromatic carbocycles. The van der Waals surface area contributed by atoms with Gasteiger partial charge in [-0.1, -0.05) is 43.2 Å². The monoisotopic (exact) mass is 324 g/mol. The van der Waals surface area contributed by atoms with E-state index in [1.54, 1.807) is 12.3 Å². The number of carbonyl (C=O) groups excluding carboxylic acids is 1. The van der Waals surface area contributed by atoms with Gasteiger partial charge in [0.05, 0.1) is 0 Å². The van der Waals surface area contributed by atoms with Crippen LogP contribution in [0, 0.1) is 0 Å². The molecule has 1 aromatic heterocycles. The Bertz CT molecular complexity index is 653. The summed E-state index contributed by atoms with van der Waals surface area (Å²) >= 11 is 0. The summed E-state index contributed by atoms with van der Waals surface area (Å²) in [6, 6.07) is 12.4. The minimum absolute atomic E-state index is 0.100. The Morgan fingerprint density at radius 1 is 1.12 bits per heavy atom. The summed E-state index contributed by atoms with van der Waals surface area (Å²) in [6.45, 7) is 0.780. The number of nitrogens with zero attached hydrogens (tertiary/aromatic N) is 2. The van der Waals surface area contributed by atoms with Crippen LogP contribution in [0.15, 0.2) is 42.6 Å². The molecule has 0 spiro atoms. The second-order valence-electron chi connectivity index (χ2n) is 6.24. The van der Waals surface area contributed by atoms with E-state index >= 15 is 0 Å². The molecule has 126 valence electrons. The summed E-state index contributed by atoms with van der Waals surface area (Å²) in [7, 11) is 0. The summed E-state index contributed by atoms with van der Waals surface area (Å²) < 4.78 is 0. The van der Waals surface area contributed by atoms with E-state index in [-0.39, 0.29) is 5.91 Å². The third-order valence-corrected chi connectivity index (χ3v) is 4.35. The highest BCUT2D eigenvalue weighted by molar-refractivity contribution is 5.92. The standard InChI is InChI=1S/C19H24N4O/c24-18(22-16-10-4-5-11-16)17-12-14-21-19(23-17)20-13-6-9-15-7-2-1-3-8-15/h1-3,7-8,12,14,16H,4-6,9-11,13H2,(H,22,24)(H,20,21,23). The Hall–Kier alpha value is -2.43. The van der Waals surface area contributed by atoms with E-state index in [9.17, 15) is 4.79 Å². The van der Waals surface area contributed by atoms with E-state index in [0.717, 1.165) is 32.2 Å². The molecule has 1 aliphatic carbocycles. The summed E-state index contributed by atoms with van der Waals surface area (Å²) in [5.74, 6) is 0.416. The molecule has 1 heterocycles. The third-order valence-electron chi connectivity index (χ3n) is 4.35. The average molecular weight is 324 g/mol. The van der Waals surface area contributed by atoms with Crippen molar-refractivity contribution in [2.45, 2.75) is 44.6 Å². The molecule has 3 rings (SSSR count). The lowest BCUT2D eigenvalue weighted by atomic mass is 10.1. The second kappa shape index (κ2) is 8.43. The van der Waals surface area contributed by atoms with Crippen molar-refractivity contribution >= 4 is 11.9 Å². The minimum Gasteiger partial charge on any atom is -0.354 e. The molecule has 0 saturated heterocycles. The maximum atomic E-state index is 12.2. The number of hydrogen-bond acceptors (Lipinski definition) is 4. The Morgan fingerprint density at radius 3 is 2.71 bits per heavy atom. The van der Waals surface area contributed by atoms with Gasteiger partial charge in [0.2, 0.25) is 5.95 Å². The zero-order chi connectivity index (χ0) is 16.6. The fourth-order valence-corrected chi connectivity index (χ4v) is 3.04. The molecule has 0 aliphatic heterocycles. The number of aryl methyl sites for hydroxylation is 1. The van der Waals surface area contributed by atoms with Crippen LogP contribution in [0.25, 0.3) is 0 Å². The summed E-state index contributed by atoms with van der Waals surface area (Å²) in [5.41, 5.74) is 1.76. The van der Waals surface area contributed by atoms with Gasteiger partial charge in [-0.05, 0) is 37.3 Å². The summed E-state index contributed by atoms with van der Waals surface area (Å²) in [5, 5.41) is 6.26. The zero-order valence-corrected chi connectivity index (χ0v) is 13.9. The molecule has 1 fully saturated rings. The molecule has 1 saturated carbocycles. The number of anilines is 1. The van der Waals surface area contributed by atoms with Crippen LogP contribution in [0.3, 0.4) is 0 Å². The van der Waals surface area contributed by atoms with Gasteiger partial charge in [-0.3, -0.25) is 4.79 Å². The number of rotatable bonds is 7. The highest BCUT2D eigenvalue weighted by atomic mass is 16.1. The van der Waals surface area contributed by atoms with Crippen molar-refractivity contribution in [1.82, 2.24) is 15.3 Å². The summed E-state index contributed by atoms with van der Waals surface area (Å²) in [4.78, 5) is 20.8. The first-order valence-corrected chi connectivity index (χ1v) is 8.73. The molecule has 2 aromatic rings. The van der Waals surface area contributed by atoms with Gasteiger partial charge in [-0.25, -0.2) is 9.97 Å². The van der Waals surface area contributed by atoms with Crippen LogP contribution in [-0.2, 0) is 6.42 Å². The van der Waals surface area contributed by atoms with Gasteiger partial charge in [0.1, 0.15) is 5.69 Å². The molecular weight excluding hydrogens is 300 g/mol. The molecule has 0 unspecified atom stereocenters. The van der Waals surface area contributed by atoms with Crippen LogP contribution in [0.2, 0.25) is 0 Å². The van der Waals surface area contributed by atoms with E-state index < -0.39 is 0 Å². The van der Waals surface area contributed by atoms with Crippen molar-refractivity contribution in [2.75, 3.05) is 11.9 Å². The van der Waals surface area contributed by atoms with Crippen molar-refractivity contribution in [3.63, 3.8) is 0 Å². The maximum absolute atomic E-state index is 12.2. The van der Waals surface area contributed by atoms with E-state index in [2.05, 4.69) is 44.9 Å². The number of aromatic nitrogens is 2. The largest absolute Gasteiger partial charge is 0.354 e. The Balaban J connectivity index is 1.46. The van der Waals surface area contributed by atoms with Crippen molar-refractivity contribution in [1.29, 1.82) is 0 Å². The molecule has 1 aliphatic rings. The molecule has 2 N–H and O–H groups in total. The van der Waals surface area contributed by atoms with Crippen LogP contribution < -0.4 is 10.6 Å². The quantitative estimate of drug-likeness (QED) is 0.768. The van der Waals surface area contributed by atoms with Gasteiger partial charge in [0.15, 0.2) is 0 Å². The molecule has 1 amide bonds. The molecule has 0 radical (unpaired) electrons. The van der Waals surface area contributed by atoms with E-state index in [1.807, 2.05) is 6.07 Å². The molecule has 0 atom stereocenters. The van der Waals surface area contributed by atoms with Crippen molar-refractivity contribution in [3.8, 4) is 0 Å². The fourth-order valence-electron chi connectivity index (χ4n) is 3.04. The first-order chi connectivity index (χ1) is 11.8. The average Bonchev–Trinajstić information content (AvgIpc) is 3.13. The number of benzene rings is 1. The van der Waals surface area contributed by atoms with Gasteiger partial charge in [0, 0.05) is 18.8 Å². The van der Waals surface area contributed by atoms with Crippen LogP contribution >= 0.6 is 0 Å². The number of hydrogen-bond donors (Lipinski definition) is 2. The van der Waals surface area contributed by atoms with Crippen molar-refractivity contribution in [3.05, 3.63) is 53.9 Å². The van der Waals surface area contributed by atoms with Gasteiger partial charge < -0.3 is 10.6 Å². The fraction of sp³-hybridized carbons (Fsp3) is 0.421. The lowest BCUT2D eigenvalue weighted by Gasteiger charge is -2.12. The van der Waals surface area contributed by atoms with E-state index in [1.165, 1.54) is 18.4 Å². The predicted octanol–water partition coefficient (Wildman–Crippen LogP) is 3.19. The predicted molar refractivity (Wildman–Crippen MR) is 95.0 cm³/mol. The van der Waals surface area contributed by atoms with Gasteiger partial charge >= 0.3 is 0 Å². The van der Waals surface area contributed by atoms with Crippen LogP contribution in [-0.4, -0.2) is 28.5 Å². The molecule has 5 nitrogen and oxygen atoms in total. The topological polar surface area (TPSA) is 66.9 Å². The number of nitrogens with one attached hydrogen (secondary N) is 2. The lowest BCUT2D eigenvalue weighted by molar-refractivity contribution is 0.0933. The highest BCUT2D eigenvalue weighted by Crippen LogP contribution is 2.18. The van der Waals surface area contributed by atoms with Gasteiger partial charge in [0.25, 0.3) is 5.91 Å². The molecular formula is C19H24N4O. The Morgan fingerprint density at radius 2 is 1.92 bits per heavy atom. The highest BCUT2D eigenvalue weighted by Gasteiger charge is 2.18. The third kappa shape index (κ3) is 4.78. The van der Waals surface area contributed by atoms with Crippen LogP contribution in [0.4, 0.5) is 5.95 Å². The maximum Gasteiger partial charge on any atom is 0.270 e. The number of amides is 1. The zero-order valence-electron chi connectivity index (χ0n) is 13.9. The van der Waals surface area contributed by atoms with Gasteiger partial charge in [-0.2, -0.15) is 0 Å². The van der Waals surface area contributed by atoms with Crippen molar-refractivity contribution < 1.29 is 4.79 Å².